The van der Waals surface area contributed by atoms with Crippen LogP contribution in [0, 0.1) is 11.3 Å². The number of nitriles is 1. The Hall–Kier alpha value is -4.69. The van der Waals surface area contributed by atoms with Crippen molar-refractivity contribution >= 4 is 11.8 Å². The van der Waals surface area contributed by atoms with E-state index in [-0.39, 0.29) is 29.6 Å². The fraction of sp³-hybridized carbons (Fsp3) is 0.424. The molecule has 0 spiro atoms. The number of aryl methyl sites for hydroxylation is 3. The number of likely N-dealkylation sites (tertiary alicyclic amines) is 1. The second-order valence-corrected chi connectivity index (χ2v) is 11.7. The molecule has 3 aromatic rings. The summed E-state index contributed by atoms with van der Waals surface area (Å²) in [6.07, 6.45) is 3.57. The van der Waals surface area contributed by atoms with Crippen molar-refractivity contribution in [3.05, 3.63) is 98.4 Å². The number of carbonyl (C=O) groups is 2. The summed E-state index contributed by atoms with van der Waals surface area (Å²) in [5.74, 6) is 0.130. The van der Waals surface area contributed by atoms with Crippen LogP contribution in [0.1, 0.15) is 75.0 Å². The Morgan fingerprint density at radius 3 is 2.20 bits per heavy atom. The minimum Gasteiger partial charge on any atom is -0.358 e. The molecule has 0 bridgehead atoms. The third-order valence-corrected chi connectivity index (χ3v) is 9.02. The van der Waals surface area contributed by atoms with Crippen molar-refractivity contribution in [2.45, 2.75) is 56.5 Å². The van der Waals surface area contributed by atoms with Gasteiger partial charge in [0, 0.05) is 57.1 Å². The fourth-order valence-corrected chi connectivity index (χ4v) is 6.79. The van der Waals surface area contributed by atoms with Crippen LogP contribution >= 0.6 is 0 Å². The Labute approximate surface area is 257 Å². The summed E-state index contributed by atoms with van der Waals surface area (Å²) in [7, 11) is 4.83. The predicted octanol–water partition coefficient (Wildman–Crippen LogP) is 2.13. The highest BCUT2D eigenvalue weighted by atomic mass is 16.2. The van der Waals surface area contributed by atoms with Gasteiger partial charge in [-0.3, -0.25) is 14.6 Å². The summed E-state index contributed by atoms with van der Waals surface area (Å²) in [4.78, 5) is 43.3. The monoisotopic (exact) mass is 596 g/mol. The lowest BCUT2D eigenvalue weighted by Gasteiger charge is -2.37. The Balaban J connectivity index is 1.65. The number of fused-ring (bicyclic) bond motifs is 2. The van der Waals surface area contributed by atoms with Crippen molar-refractivity contribution in [2.24, 2.45) is 7.05 Å². The fourth-order valence-electron chi connectivity index (χ4n) is 6.79. The van der Waals surface area contributed by atoms with E-state index in [0.29, 0.717) is 42.8 Å². The Bertz CT molecular complexity index is 1630. The van der Waals surface area contributed by atoms with Crippen LogP contribution in [0.2, 0.25) is 0 Å². The molecule has 2 amide bonds. The lowest BCUT2D eigenvalue weighted by atomic mass is 9.67. The molecule has 0 saturated carbocycles. The molecule has 1 unspecified atom stereocenters. The number of hydrogen-bond acceptors (Lipinski definition) is 7. The van der Waals surface area contributed by atoms with Gasteiger partial charge in [-0.05, 0) is 85.5 Å². The van der Waals surface area contributed by atoms with Gasteiger partial charge in [0.1, 0.15) is 11.9 Å². The lowest BCUT2D eigenvalue weighted by Crippen LogP contribution is -2.42. The summed E-state index contributed by atoms with van der Waals surface area (Å²) in [5.41, 5.74) is 4.56. The van der Waals surface area contributed by atoms with E-state index in [1.54, 1.807) is 21.1 Å². The maximum atomic E-state index is 12.9. The average molecular weight is 597 g/mol. The molecule has 1 aromatic heterocycles. The molecule has 1 aliphatic carbocycles. The quantitative estimate of drug-likeness (QED) is 0.296. The van der Waals surface area contributed by atoms with Gasteiger partial charge in [-0.15, -0.1) is 0 Å². The van der Waals surface area contributed by atoms with Crippen LogP contribution in [-0.4, -0.2) is 70.7 Å². The largest absolute Gasteiger partial charge is 0.358 e. The van der Waals surface area contributed by atoms with Crippen LogP contribution in [0.3, 0.4) is 0 Å². The Kier molecular flexibility index (Phi) is 8.74. The molecule has 230 valence electrons. The van der Waals surface area contributed by atoms with Gasteiger partial charge in [-0.2, -0.15) is 10.4 Å². The molecule has 4 N–H and O–H groups in total. The normalized spacial score (nSPS) is 17.5. The van der Waals surface area contributed by atoms with E-state index >= 15 is 0 Å². The first-order valence-electron chi connectivity index (χ1n) is 15.0. The summed E-state index contributed by atoms with van der Waals surface area (Å²) in [5, 5.41) is 23.3. The van der Waals surface area contributed by atoms with Crippen molar-refractivity contribution in [2.75, 3.05) is 27.2 Å². The molecule has 11 heteroatoms. The summed E-state index contributed by atoms with van der Waals surface area (Å²) in [6.45, 7) is 7.67. The maximum Gasteiger partial charge on any atom is 0.343 e. The zero-order valence-corrected chi connectivity index (χ0v) is 25.8. The van der Waals surface area contributed by atoms with E-state index in [1.165, 1.54) is 4.68 Å². The van der Waals surface area contributed by atoms with Crippen molar-refractivity contribution in [3.63, 3.8) is 0 Å². The average Bonchev–Trinajstić information content (AvgIpc) is 3.63. The number of nitrogens with zero attached hydrogens (tertiary/aromatic N) is 4. The third-order valence-electron chi connectivity index (χ3n) is 9.02. The topological polar surface area (TPSA) is 148 Å². The molecule has 2 aromatic carbocycles. The van der Waals surface area contributed by atoms with Crippen molar-refractivity contribution in [3.8, 4) is 6.07 Å². The highest BCUT2D eigenvalue weighted by molar-refractivity contribution is 5.95. The van der Waals surface area contributed by atoms with Crippen LogP contribution in [0.5, 0.6) is 0 Å². The first-order valence-corrected chi connectivity index (χ1v) is 15.0. The summed E-state index contributed by atoms with van der Waals surface area (Å²) in [6, 6.07) is 13.5. The summed E-state index contributed by atoms with van der Waals surface area (Å²) >= 11 is 0. The molecule has 2 atom stereocenters. The van der Waals surface area contributed by atoms with Gasteiger partial charge in [-0.1, -0.05) is 18.7 Å². The molecule has 1 fully saturated rings. The number of aromatic amines is 1. The van der Waals surface area contributed by atoms with E-state index in [2.05, 4.69) is 45.4 Å². The summed E-state index contributed by atoms with van der Waals surface area (Å²) < 4.78 is 1.30. The zero-order chi connectivity index (χ0) is 31.6. The van der Waals surface area contributed by atoms with Gasteiger partial charge in [0.15, 0.2) is 0 Å². The smallest absolute Gasteiger partial charge is 0.343 e. The van der Waals surface area contributed by atoms with E-state index in [0.717, 1.165) is 47.3 Å². The number of amides is 2. The molecule has 11 nitrogen and oxygen atoms in total. The minimum absolute atomic E-state index is 0.101. The van der Waals surface area contributed by atoms with Crippen LogP contribution < -0.4 is 21.6 Å². The van der Waals surface area contributed by atoms with Gasteiger partial charge in [0.05, 0.1) is 11.5 Å². The lowest BCUT2D eigenvalue weighted by molar-refractivity contribution is 0.0955. The van der Waals surface area contributed by atoms with Crippen LogP contribution in [0.15, 0.2) is 53.5 Å². The van der Waals surface area contributed by atoms with Gasteiger partial charge in [-0.25, -0.2) is 9.48 Å². The zero-order valence-electron chi connectivity index (χ0n) is 25.8. The Morgan fingerprint density at radius 1 is 1.11 bits per heavy atom. The first-order chi connectivity index (χ1) is 21.1. The van der Waals surface area contributed by atoms with E-state index in [4.69, 9.17) is 5.10 Å². The number of carbonyl (C=O) groups excluding carboxylic acids is 2. The van der Waals surface area contributed by atoms with Crippen molar-refractivity contribution < 1.29 is 9.59 Å². The van der Waals surface area contributed by atoms with Gasteiger partial charge in [0.2, 0.25) is 0 Å². The van der Waals surface area contributed by atoms with Gasteiger partial charge >= 0.3 is 5.69 Å². The van der Waals surface area contributed by atoms with Gasteiger partial charge < -0.3 is 20.9 Å². The van der Waals surface area contributed by atoms with Crippen molar-refractivity contribution in [1.29, 1.82) is 5.26 Å². The number of H-pyrrole nitrogens is 1. The van der Waals surface area contributed by atoms with E-state index in [9.17, 15) is 19.6 Å². The highest BCUT2D eigenvalue weighted by Gasteiger charge is 2.45. The number of hydrogen-bond donors (Lipinski definition) is 4. The highest BCUT2D eigenvalue weighted by Crippen LogP contribution is 2.47. The second-order valence-electron chi connectivity index (χ2n) is 11.7. The van der Waals surface area contributed by atoms with Crippen LogP contribution in [-0.2, 0) is 25.3 Å². The van der Waals surface area contributed by atoms with Gasteiger partial charge in [0.25, 0.3) is 11.8 Å². The predicted molar refractivity (Wildman–Crippen MR) is 167 cm³/mol. The number of rotatable bonds is 9. The molecule has 1 aliphatic heterocycles. The molecule has 5 rings (SSSR count). The maximum absolute atomic E-state index is 12.9. The standard InChI is InChI=1S/C33H40N8O3/c1-20(37-19-21(2)41-14-6-7-26(41)18-34)17-33(31-38-32(44)40(5)39-31)27-12-10-24(29(42)35-3)15-22(27)8-9-23-16-25(30(43)36-4)11-13-28(23)33/h10-13,15-16,20,26,37H,2,6-9,14,17,19H2,1,3-5H3,(H,35,42)(H,36,43)(H,38,39,44)/t20-,26?/m1/s1. The number of nitrogens with one attached hydrogen (secondary N) is 4. The van der Waals surface area contributed by atoms with E-state index in [1.807, 2.05) is 36.4 Å². The molecule has 44 heavy (non-hydrogen) atoms. The number of aromatic nitrogens is 3. The SMILES string of the molecule is C=C(CN[C@H](C)CC1(c2nn(C)c(=O)[nH]2)c2ccc(C(=O)NC)cc2CCc2cc(C(=O)NC)ccc21)N1CCCC1C#N. The number of benzene rings is 2. The molecular weight excluding hydrogens is 556 g/mol. The van der Waals surface area contributed by atoms with Crippen molar-refractivity contribution in [1.82, 2.24) is 35.6 Å². The molecule has 0 radical (unpaired) electrons. The van der Waals surface area contributed by atoms with Crippen LogP contribution in [0.25, 0.3) is 0 Å². The molecule has 2 heterocycles. The van der Waals surface area contributed by atoms with E-state index < -0.39 is 5.41 Å². The molecule has 2 aliphatic rings. The first kappa shape index (κ1) is 30.8. The third kappa shape index (κ3) is 5.53. The second kappa shape index (κ2) is 12.5. The molecule has 1 saturated heterocycles. The molecular formula is C33H40N8O3. The van der Waals surface area contributed by atoms with Crippen LogP contribution in [0.4, 0.5) is 0 Å². The minimum atomic E-state index is -0.916. The Morgan fingerprint density at radius 2 is 1.70 bits per heavy atom.